The lowest BCUT2D eigenvalue weighted by molar-refractivity contribution is -0.126. The first-order valence-corrected chi connectivity index (χ1v) is 7.57. The zero-order valence-electron chi connectivity index (χ0n) is 11.6. The number of carbonyl (C=O) groups is 2. The van der Waals surface area contributed by atoms with Gasteiger partial charge in [0, 0.05) is 11.4 Å². The minimum Gasteiger partial charge on any atom is -0.323 e. The first-order chi connectivity index (χ1) is 10.1. The van der Waals surface area contributed by atoms with Crippen molar-refractivity contribution in [3.05, 3.63) is 34.9 Å². The van der Waals surface area contributed by atoms with E-state index in [0.29, 0.717) is 11.4 Å². The predicted molar refractivity (Wildman–Crippen MR) is 80.2 cm³/mol. The van der Waals surface area contributed by atoms with Gasteiger partial charge in [-0.05, 0) is 43.5 Å². The highest BCUT2D eigenvalue weighted by Crippen LogP contribution is 2.33. The molecule has 3 amide bonds. The molecule has 5 nitrogen and oxygen atoms in total. The molecule has 2 heterocycles. The first kappa shape index (κ1) is 14.4. The lowest BCUT2D eigenvalue weighted by atomic mass is 9.74. The Hall–Kier alpha value is -1.59. The van der Waals surface area contributed by atoms with E-state index in [9.17, 15) is 9.59 Å². The molecule has 2 aliphatic rings. The molecule has 0 spiro atoms. The van der Waals surface area contributed by atoms with Crippen molar-refractivity contribution in [2.45, 2.75) is 24.8 Å². The fraction of sp³-hybridized carbons (Fsp3) is 0.467. The van der Waals surface area contributed by atoms with Gasteiger partial charge in [0.15, 0.2) is 0 Å². The maximum atomic E-state index is 12.5. The molecular formula is C15H18ClN3O2. The summed E-state index contributed by atoms with van der Waals surface area (Å²) in [6.45, 7) is 1.72. The number of rotatable bonds is 3. The molecular weight excluding hydrogens is 290 g/mol. The molecule has 6 heteroatoms. The van der Waals surface area contributed by atoms with Crippen molar-refractivity contribution in [3.8, 4) is 0 Å². The lowest BCUT2D eigenvalue weighted by Crippen LogP contribution is -2.57. The number of urea groups is 1. The molecule has 1 atom stereocenters. The van der Waals surface area contributed by atoms with E-state index in [1.807, 2.05) is 24.3 Å². The van der Waals surface area contributed by atoms with Gasteiger partial charge >= 0.3 is 6.03 Å². The van der Waals surface area contributed by atoms with Crippen LogP contribution in [0.3, 0.4) is 0 Å². The summed E-state index contributed by atoms with van der Waals surface area (Å²) in [4.78, 5) is 24.2. The minimum atomic E-state index is -0.885. The highest BCUT2D eigenvalue weighted by atomic mass is 35.5. The van der Waals surface area contributed by atoms with Crippen molar-refractivity contribution in [2.24, 2.45) is 5.92 Å². The number of piperidine rings is 1. The third kappa shape index (κ3) is 2.63. The number of nitrogens with one attached hydrogen (secondary N) is 3. The summed E-state index contributed by atoms with van der Waals surface area (Å²) in [5, 5.41) is 9.18. The number of imide groups is 1. The average molecular weight is 308 g/mol. The Kier molecular flexibility index (Phi) is 3.87. The highest BCUT2D eigenvalue weighted by molar-refractivity contribution is 6.31. The molecule has 2 saturated heterocycles. The van der Waals surface area contributed by atoms with Gasteiger partial charge in [-0.15, -0.1) is 0 Å². The van der Waals surface area contributed by atoms with Crippen LogP contribution in [-0.4, -0.2) is 30.6 Å². The van der Waals surface area contributed by atoms with Crippen molar-refractivity contribution in [1.82, 2.24) is 16.0 Å². The molecule has 1 aromatic carbocycles. The molecule has 0 bridgehead atoms. The van der Waals surface area contributed by atoms with E-state index < -0.39 is 11.6 Å². The van der Waals surface area contributed by atoms with E-state index in [4.69, 9.17) is 11.6 Å². The van der Waals surface area contributed by atoms with Crippen LogP contribution in [0.15, 0.2) is 24.3 Å². The van der Waals surface area contributed by atoms with Crippen LogP contribution in [0.25, 0.3) is 0 Å². The minimum absolute atomic E-state index is 0.112. The van der Waals surface area contributed by atoms with Gasteiger partial charge in [0.25, 0.3) is 5.91 Å². The van der Waals surface area contributed by atoms with E-state index in [-0.39, 0.29) is 11.8 Å². The van der Waals surface area contributed by atoms with Crippen molar-refractivity contribution in [2.75, 3.05) is 13.1 Å². The normalized spacial score (nSPS) is 26.5. The summed E-state index contributed by atoms with van der Waals surface area (Å²) in [6.07, 6.45) is 2.14. The van der Waals surface area contributed by atoms with Crippen molar-refractivity contribution in [1.29, 1.82) is 0 Å². The van der Waals surface area contributed by atoms with Crippen LogP contribution in [0.4, 0.5) is 4.79 Å². The van der Waals surface area contributed by atoms with E-state index in [0.717, 1.165) is 31.5 Å². The predicted octanol–water partition coefficient (Wildman–Crippen LogP) is 1.46. The highest BCUT2D eigenvalue weighted by Gasteiger charge is 2.51. The fourth-order valence-corrected chi connectivity index (χ4v) is 3.52. The van der Waals surface area contributed by atoms with Crippen molar-refractivity contribution >= 4 is 23.5 Å². The van der Waals surface area contributed by atoms with E-state index in [2.05, 4.69) is 16.0 Å². The number of carbonyl (C=O) groups excluding carboxylic acids is 2. The molecule has 1 aromatic rings. The monoisotopic (exact) mass is 307 g/mol. The SMILES string of the molecule is O=C1NC(=O)C(Cc2ccccc2Cl)(C2CCNCC2)N1. The van der Waals surface area contributed by atoms with Crippen LogP contribution in [0, 0.1) is 5.92 Å². The zero-order valence-corrected chi connectivity index (χ0v) is 12.4. The zero-order chi connectivity index (χ0) is 14.9. The van der Waals surface area contributed by atoms with Gasteiger partial charge in [-0.1, -0.05) is 29.8 Å². The number of hydrogen-bond acceptors (Lipinski definition) is 3. The van der Waals surface area contributed by atoms with Crippen LogP contribution in [0.5, 0.6) is 0 Å². The molecule has 112 valence electrons. The molecule has 21 heavy (non-hydrogen) atoms. The summed E-state index contributed by atoms with van der Waals surface area (Å²) in [5.74, 6) is -0.124. The molecule has 1 unspecified atom stereocenters. The van der Waals surface area contributed by atoms with Crippen molar-refractivity contribution in [3.63, 3.8) is 0 Å². The molecule has 3 rings (SSSR count). The van der Waals surface area contributed by atoms with Crippen LogP contribution in [-0.2, 0) is 11.2 Å². The van der Waals surface area contributed by atoms with Gasteiger partial charge in [0.05, 0.1) is 0 Å². The van der Waals surface area contributed by atoms with Gasteiger partial charge < -0.3 is 10.6 Å². The van der Waals surface area contributed by atoms with Gasteiger partial charge in [0.2, 0.25) is 0 Å². The van der Waals surface area contributed by atoms with E-state index in [1.165, 1.54) is 0 Å². The second kappa shape index (κ2) is 5.66. The standard InChI is InChI=1S/C15H18ClN3O2/c16-12-4-2-1-3-10(12)9-15(11-5-7-17-8-6-11)13(20)18-14(21)19-15/h1-4,11,17H,5-9H2,(H2,18,19,20,21). The molecule has 3 N–H and O–H groups in total. The number of benzene rings is 1. The van der Waals surface area contributed by atoms with Crippen LogP contribution in [0.1, 0.15) is 18.4 Å². The summed E-state index contributed by atoms with van der Waals surface area (Å²) in [6, 6.07) is 7.05. The van der Waals surface area contributed by atoms with Crippen LogP contribution >= 0.6 is 11.6 Å². The van der Waals surface area contributed by atoms with Gasteiger partial charge in [-0.25, -0.2) is 4.79 Å². The second-order valence-electron chi connectivity index (χ2n) is 5.67. The summed E-state index contributed by atoms with van der Waals surface area (Å²) < 4.78 is 0. The van der Waals surface area contributed by atoms with Gasteiger partial charge in [-0.2, -0.15) is 0 Å². The third-order valence-corrected chi connectivity index (χ3v) is 4.80. The molecule has 2 fully saturated rings. The Morgan fingerprint density at radius 2 is 1.90 bits per heavy atom. The molecule has 0 saturated carbocycles. The van der Waals surface area contributed by atoms with Crippen LogP contribution < -0.4 is 16.0 Å². The maximum absolute atomic E-state index is 12.5. The second-order valence-corrected chi connectivity index (χ2v) is 6.08. The first-order valence-electron chi connectivity index (χ1n) is 7.19. The number of hydrogen-bond donors (Lipinski definition) is 3. The number of amides is 3. The van der Waals surface area contributed by atoms with Crippen LogP contribution in [0.2, 0.25) is 5.02 Å². The summed E-state index contributed by atoms with van der Waals surface area (Å²) in [7, 11) is 0. The Bertz CT molecular complexity index is 572. The third-order valence-electron chi connectivity index (χ3n) is 4.43. The lowest BCUT2D eigenvalue weighted by Gasteiger charge is -2.37. The summed E-state index contributed by atoms with van der Waals surface area (Å²) in [5.41, 5.74) is -0.000440. The molecule has 0 aliphatic carbocycles. The Morgan fingerprint density at radius 1 is 1.19 bits per heavy atom. The van der Waals surface area contributed by atoms with Gasteiger partial charge in [-0.3, -0.25) is 10.1 Å². The van der Waals surface area contributed by atoms with E-state index in [1.54, 1.807) is 0 Å². The fourth-order valence-electron chi connectivity index (χ4n) is 3.32. The smallest absolute Gasteiger partial charge is 0.322 e. The molecule has 0 radical (unpaired) electrons. The average Bonchev–Trinajstić information content (AvgIpc) is 2.77. The van der Waals surface area contributed by atoms with Gasteiger partial charge in [0.1, 0.15) is 5.54 Å². The quantitative estimate of drug-likeness (QED) is 0.741. The molecule has 0 aromatic heterocycles. The Labute approximate surface area is 128 Å². The maximum Gasteiger partial charge on any atom is 0.322 e. The summed E-state index contributed by atoms with van der Waals surface area (Å²) >= 11 is 6.23. The van der Waals surface area contributed by atoms with Crippen molar-refractivity contribution < 1.29 is 9.59 Å². The molecule has 2 aliphatic heterocycles. The largest absolute Gasteiger partial charge is 0.323 e. The Morgan fingerprint density at radius 3 is 2.52 bits per heavy atom. The van der Waals surface area contributed by atoms with E-state index >= 15 is 0 Å². The number of halogens is 1. The topological polar surface area (TPSA) is 70.2 Å². The Balaban J connectivity index is 1.94.